The number of guanidine groups is 1. The molecule has 2 unspecified atom stereocenters. The van der Waals surface area contributed by atoms with Gasteiger partial charge in [0.25, 0.3) is 0 Å². The lowest BCUT2D eigenvalue weighted by molar-refractivity contribution is 0.357. The maximum Gasteiger partial charge on any atom is 0.191 e. The number of nitrogens with one attached hydrogen (secondary N) is 2. The molecule has 0 aromatic rings. The SMILES string of the molecule is CCN(C)CCNC(=NC)NC1CC1C.I. The normalized spacial score (nSPS) is 23.9. The van der Waals surface area contributed by atoms with E-state index in [4.69, 9.17) is 0 Å². The van der Waals surface area contributed by atoms with E-state index in [1.165, 1.54) is 6.42 Å². The summed E-state index contributed by atoms with van der Waals surface area (Å²) in [5, 5.41) is 6.73. The van der Waals surface area contributed by atoms with E-state index in [0.717, 1.165) is 31.5 Å². The summed E-state index contributed by atoms with van der Waals surface area (Å²) in [6, 6.07) is 0.639. The minimum absolute atomic E-state index is 0. The highest BCUT2D eigenvalue weighted by Crippen LogP contribution is 2.28. The summed E-state index contributed by atoms with van der Waals surface area (Å²) in [6.45, 7) is 7.52. The highest BCUT2D eigenvalue weighted by molar-refractivity contribution is 14.0. The smallest absolute Gasteiger partial charge is 0.191 e. The fraction of sp³-hybridized carbons (Fsp3) is 0.909. The Morgan fingerprint density at radius 3 is 2.56 bits per heavy atom. The first-order chi connectivity index (χ1) is 7.17. The third-order valence-electron chi connectivity index (χ3n) is 2.98. The summed E-state index contributed by atoms with van der Waals surface area (Å²) in [7, 11) is 3.95. The van der Waals surface area contributed by atoms with E-state index in [-0.39, 0.29) is 24.0 Å². The molecule has 1 fully saturated rings. The van der Waals surface area contributed by atoms with Crippen molar-refractivity contribution in [2.45, 2.75) is 26.3 Å². The van der Waals surface area contributed by atoms with E-state index < -0.39 is 0 Å². The predicted octanol–water partition coefficient (Wildman–Crippen LogP) is 1.13. The number of hydrogen-bond donors (Lipinski definition) is 2. The molecule has 0 radical (unpaired) electrons. The molecule has 1 aliphatic rings. The molecule has 0 amide bonds. The molecule has 0 saturated heterocycles. The quantitative estimate of drug-likeness (QED) is 0.448. The van der Waals surface area contributed by atoms with Gasteiger partial charge in [-0.15, -0.1) is 24.0 Å². The van der Waals surface area contributed by atoms with Crippen LogP contribution >= 0.6 is 24.0 Å². The summed E-state index contributed by atoms with van der Waals surface area (Å²) < 4.78 is 0. The van der Waals surface area contributed by atoms with Gasteiger partial charge in [-0.05, 0) is 25.9 Å². The van der Waals surface area contributed by atoms with Gasteiger partial charge >= 0.3 is 0 Å². The number of halogens is 1. The molecule has 0 aromatic heterocycles. The Bertz CT molecular complexity index is 220. The van der Waals surface area contributed by atoms with Crippen LogP contribution in [0.2, 0.25) is 0 Å². The van der Waals surface area contributed by atoms with Crippen molar-refractivity contribution >= 4 is 29.9 Å². The molecule has 1 saturated carbocycles. The minimum Gasteiger partial charge on any atom is -0.355 e. The van der Waals surface area contributed by atoms with Gasteiger partial charge in [-0.2, -0.15) is 0 Å². The number of aliphatic imine (C=N–C) groups is 1. The maximum atomic E-state index is 4.20. The van der Waals surface area contributed by atoms with Crippen molar-refractivity contribution < 1.29 is 0 Å². The average molecular weight is 340 g/mol. The molecular weight excluding hydrogens is 315 g/mol. The summed E-state index contributed by atoms with van der Waals surface area (Å²) in [5.74, 6) is 1.75. The van der Waals surface area contributed by atoms with Gasteiger partial charge in [-0.3, -0.25) is 4.99 Å². The first-order valence-corrected chi connectivity index (χ1v) is 5.83. The zero-order valence-corrected chi connectivity index (χ0v) is 13.1. The van der Waals surface area contributed by atoms with Crippen LogP contribution in [0, 0.1) is 5.92 Å². The second-order valence-corrected chi connectivity index (χ2v) is 4.36. The van der Waals surface area contributed by atoms with Crippen LogP contribution in [0.4, 0.5) is 0 Å². The van der Waals surface area contributed by atoms with Crippen LogP contribution in [0.5, 0.6) is 0 Å². The first-order valence-electron chi connectivity index (χ1n) is 5.83. The van der Waals surface area contributed by atoms with Crippen molar-refractivity contribution in [3.05, 3.63) is 0 Å². The van der Waals surface area contributed by atoms with E-state index in [0.29, 0.717) is 6.04 Å². The van der Waals surface area contributed by atoms with Gasteiger partial charge in [0.05, 0.1) is 0 Å². The van der Waals surface area contributed by atoms with Gasteiger partial charge in [0, 0.05) is 26.2 Å². The summed E-state index contributed by atoms with van der Waals surface area (Å²) >= 11 is 0. The van der Waals surface area contributed by atoms with E-state index in [9.17, 15) is 0 Å². The zero-order valence-electron chi connectivity index (χ0n) is 10.8. The molecular formula is C11H25IN4. The molecule has 96 valence electrons. The average Bonchev–Trinajstić information content (AvgIpc) is 2.92. The highest BCUT2D eigenvalue weighted by Gasteiger charge is 2.33. The Hall–Kier alpha value is -0.0400. The van der Waals surface area contributed by atoms with Crippen molar-refractivity contribution in [1.29, 1.82) is 0 Å². The van der Waals surface area contributed by atoms with Gasteiger partial charge in [-0.25, -0.2) is 0 Å². The summed E-state index contributed by atoms with van der Waals surface area (Å²) in [4.78, 5) is 6.48. The Morgan fingerprint density at radius 2 is 2.12 bits per heavy atom. The second kappa shape index (κ2) is 8.11. The lowest BCUT2D eigenvalue weighted by Crippen LogP contribution is -2.42. The Kier molecular flexibility index (Phi) is 8.09. The third-order valence-corrected chi connectivity index (χ3v) is 2.98. The number of nitrogens with zero attached hydrogens (tertiary/aromatic N) is 2. The number of likely N-dealkylation sites (N-methyl/N-ethyl adjacent to an activating group) is 1. The topological polar surface area (TPSA) is 39.7 Å². The van der Waals surface area contributed by atoms with Gasteiger partial charge in [-0.1, -0.05) is 13.8 Å². The standard InChI is InChI=1S/C11H24N4.HI/c1-5-15(4)7-6-13-11(12-3)14-10-8-9(10)2;/h9-10H,5-8H2,1-4H3,(H2,12,13,14);1H. The highest BCUT2D eigenvalue weighted by atomic mass is 127. The fourth-order valence-electron chi connectivity index (χ4n) is 1.42. The molecule has 0 heterocycles. The van der Waals surface area contributed by atoms with E-state index in [1.54, 1.807) is 0 Å². The molecule has 0 spiro atoms. The largest absolute Gasteiger partial charge is 0.355 e. The van der Waals surface area contributed by atoms with Crippen LogP contribution in [0.1, 0.15) is 20.3 Å². The molecule has 16 heavy (non-hydrogen) atoms. The molecule has 2 atom stereocenters. The molecule has 0 aromatic carbocycles. The van der Waals surface area contributed by atoms with Crippen LogP contribution in [-0.2, 0) is 0 Å². The van der Waals surface area contributed by atoms with Gasteiger partial charge in [0.2, 0.25) is 0 Å². The third kappa shape index (κ3) is 5.89. The Balaban J connectivity index is 0.00000225. The van der Waals surface area contributed by atoms with Crippen LogP contribution in [0.3, 0.4) is 0 Å². The zero-order chi connectivity index (χ0) is 11.3. The number of hydrogen-bond acceptors (Lipinski definition) is 2. The molecule has 1 rings (SSSR count). The minimum atomic E-state index is 0. The van der Waals surface area contributed by atoms with Crippen LogP contribution in [0.15, 0.2) is 4.99 Å². The van der Waals surface area contributed by atoms with Crippen molar-refractivity contribution in [2.24, 2.45) is 10.9 Å². The lowest BCUT2D eigenvalue weighted by atomic mass is 10.5. The van der Waals surface area contributed by atoms with Crippen LogP contribution in [-0.4, -0.2) is 50.6 Å². The van der Waals surface area contributed by atoms with Crippen LogP contribution in [0.25, 0.3) is 0 Å². The fourth-order valence-corrected chi connectivity index (χ4v) is 1.42. The maximum absolute atomic E-state index is 4.20. The van der Waals surface area contributed by atoms with Crippen molar-refractivity contribution in [1.82, 2.24) is 15.5 Å². The Labute approximate surface area is 116 Å². The molecule has 0 aliphatic heterocycles. The van der Waals surface area contributed by atoms with Crippen molar-refractivity contribution in [3.63, 3.8) is 0 Å². The first kappa shape index (κ1) is 16.0. The van der Waals surface area contributed by atoms with E-state index >= 15 is 0 Å². The summed E-state index contributed by atoms with van der Waals surface area (Å²) in [5.41, 5.74) is 0. The molecule has 4 nitrogen and oxygen atoms in total. The molecule has 1 aliphatic carbocycles. The van der Waals surface area contributed by atoms with Crippen molar-refractivity contribution in [3.8, 4) is 0 Å². The van der Waals surface area contributed by atoms with Crippen LogP contribution < -0.4 is 10.6 Å². The predicted molar refractivity (Wildman–Crippen MR) is 80.7 cm³/mol. The van der Waals surface area contributed by atoms with E-state index in [2.05, 4.69) is 41.4 Å². The molecule has 5 heteroatoms. The number of rotatable bonds is 5. The van der Waals surface area contributed by atoms with Gasteiger partial charge in [0.1, 0.15) is 0 Å². The van der Waals surface area contributed by atoms with Crippen molar-refractivity contribution in [2.75, 3.05) is 33.7 Å². The summed E-state index contributed by atoms with van der Waals surface area (Å²) in [6.07, 6.45) is 1.27. The lowest BCUT2D eigenvalue weighted by Gasteiger charge is -2.16. The van der Waals surface area contributed by atoms with E-state index in [1.807, 2.05) is 7.05 Å². The second-order valence-electron chi connectivity index (χ2n) is 4.36. The van der Waals surface area contributed by atoms with Gasteiger partial charge < -0.3 is 15.5 Å². The van der Waals surface area contributed by atoms with Gasteiger partial charge in [0.15, 0.2) is 5.96 Å². The Morgan fingerprint density at radius 1 is 1.50 bits per heavy atom. The molecule has 0 bridgehead atoms. The monoisotopic (exact) mass is 340 g/mol. The molecule has 2 N–H and O–H groups in total.